The summed E-state index contributed by atoms with van der Waals surface area (Å²) in [7, 11) is 0. The van der Waals surface area contributed by atoms with Crippen molar-refractivity contribution in [3.05, 3.63) is 23.3 Å². The average molecular weight is 1190 g/mol. The molecule has 6 rings (SSSR count). The summed E-state index contributed by atoms with van der Waals surface area (Å²) in [6.07, 6.45) is -38.8. The van der Waals surface area contributed by atoms with Gasteiger partial charge in [0.2, 0.25) is 0 Å². The van der Waals surface area contributed by atoms with Crippen molar-refractivity contribution in [1.29, 1.82) is 0 Å². The van der Waals surface area contributed by atoms with E-state index in [4.69, 9.17) is 61.6 Å². The number of allylic oxidation sites excluding steroid dienone is 3. The van der Waals surface area contributed by atoms with Gasteiger partial charge in [0.1, 0.15) is 129 Å². The minimum absolute atomic E-state index is 0.0295. The molecule has 6 aliphatic rings. The van der Waals surface area contributed by atoms with Crippen molar-refractivity contribution < 1.29 is 143 Å². The van der Waals surface area contributed by atoms with Gasteiger partial charge in [0.05, 0.1) is 44.2 Å². The van der Waals surface area contributed by atoms with Gasteiger partial charge < -0.3 is 138 Å². The van der Waals surface area contributed by atoms with Gasteiger partial charge in [-0.15, -0.1) is 0 Å². The first-order valence-electron chi connectivity index (χ1n) is 28.0. The maximum absolute atomic E-state index is 11.9. The fourth-order valence-corrected chi connectivity index (χ4v) is 10.4. The van der Waals surface area contributed by atoms with E-state index in [-0.39, 0.29) is 19.1 Å². The van der Waals surface area contributed by atoms with Crippen LogP contribution in [0.2, 0.25) is 0 Å². The van der Waals surface area contributed by atoms with Crippen LogP contribution in [0.5, 0.6) is 0 Å². The molecule has 0 aliphatic carbocycles. The standard InChI is InChI=1S/C53H90O29/c1-20(11-9-13-21(2)15-16-70-52-46(81-50-42(68)38(64)32(58)25(6)75-50)44(34(60)28(17-54)77-52)79-48-40(66)36(62)30(56)23(4)73-48)12-10-14-22(3)18-72-53-47(82-51-43(69)39(65)33(59)26(7)76-51)45(35(61)29(78-53)19-71-27(8)55)80-49-41(67)37(63)31(57)24(5)74-49/h11,15,22-26,28-54,56-69H,9-10,12-14,16-19H2,1-8H3/b20-11+,21-15+/t22-,23-,24-,25-,26-,28+,29+,30-,31-,32-,33-,34+,35+,36+,37+,38+,39+,40+,41+,42+,43+,44-,45-,46+,47+,48-,49-,50-,51-,52+,53+/m0/s1. The van der Waals surface area contributed by atoms with Crippen LogP contribution in [0.4, 0.5) is 0 Å². The van der Waals surface area contributed by atoms with Crippen LogP contribution in [0.1, 0.15) is 87.5 Å². The van der Waals surface area contributed by atoms with E-state index in [2.05, 4.69) is 6.08 Å². The maximum Gasteiger partial charge on any atom is 0.302 e. The Morgan fingerprint density at radius 3 is 1.24 bits per heavy atom. The minimum atomic E-state index is -1.83. The van der Waals surface area contributed by atoms with Crippen molar-refractivity contribution in [3.63, 3.8) is 0 Å². The number of carbonyl (C=O) groups excluding carboxylic acids is 1. The summed E-state index contributed by atoms with van der Waals surface area (Å²) in [5.41, 5.74) is 1.99. The number of aliphatic hydroxyl groups is 15. The molecule has 0 spiro atoms. The molecule has 31 atom stereocenters. The molecule has 6 aliphatic heterocycles. The highest BCUT2D eigenvalue weighted by Crippen LogP contribution is 2.37. The van der Waals surface area contributed by atoms with Gasteiger partial charge in [-0.2, -0.15) is 0 Å². The second kappa shape index (κ2) is 31.2. The van der Waals surface area contributed by atoms with Gasteiger partial charge in [0, 0.05) is 6.92 Å². The SMILES string of the molecule is CC(=O)OC[C@H]1O[C@@H](OC[C@@H](C)CCC/C(C)=C/CC/C(C)=C/CO[C@@H]2O[C@H](CO)[C@@H](O)[C@H](O[C@@H]3O[C@@H](C)[C@H](O)[C@@H](O)[C@H]3O)[C@H]2O[C@@H]2O[C@@H](C)[C@H](O)[C@@H](O)[C@H]2O)[C@H](O[C@@H]2O[C@@H](C)[C@H](O)[C@@H](O)[C@H]2O)[C@@H](O[C@@H]2O[C@@H](C)[C@H](O)[C@@H](O)[C@H]2O)[C@@H]1O. The largest absolute Gasteiger partial charge is 0.463 e. The predicted octanol–water partition coefficient (Wildman–Crippen LogP) is -4.92. The number of ether oxygens (including phenoxy) is 13. The molecule has 0 unspecified atom stereocenters. The third-order valence-corrected chi connectivity index (χ3v) is 15.8. The van der Waals surface area contributed by atoms with E-state index in [1.807, 2.05) is 20.8 Å². The van der Waals surface area contributed by atoms with Gasteiger partial charge in [0.25, 0.3) is 0 Å². The van der Waals surface area contributed by atoms with Crippen LogP contribution < -0.4 is 0 Å². The minimum Gasteiger partial charge on any atom is -0.463 e. The van der Waals surface area contributed by atoms with E-state index >= 15 is 0 Å². The molecule has 6 fully saturated rings. The average Bonchev–Trinajstić information content (AvgIpc) is 3.50. The molecule has 0 bridgehead atoms. The van der Waals surface area contributed by atoms with Gasteiger partial charge >= 0.3 is 5.97 Å². The van der Waals surface area contributed by atoms with Crippen LogP contribution in [-0.2, 0) is 66.4 Å². The summed E-state index contributed by atoms with van der Waals surface area (Å²) in [6, 6.07) is 0. The van der Waals surface area contributed by atoms with Crippen LogP contribution in [0.3, 0.4) is 0 Å². The summed E-state index contributed by atoms with van der Waals surface area (Å²) in [6.45, 7) is 11.3. The first-order chi connectivity index (χ1) is 38.6. The maximum atomic E-state index is 11.9. The molecule has 15 N–H and O–H groups in total. The molecule has 0 amide bonds. The number of esters is 1. The van der Waals surface area contributed by atoms with E-state index in [1.54, 1.807) is 6.08 Å². The third kappa shape index (κ3) is 17.1. The van der Waals surface area contributed by atoms with Crippen molar-refractivity contribution >= 4 is 5.97 Å². The van der Waals surface area contributed by atoms with E-state index in [0.717, 1.165) is 24.5 Å². The van der Waals surface area contributed by atoms with Crippen LogP contribution in [-0.4, -0.2) is 293 Å². The topological polar surface area (TPSA) is 441 Å². The quantitative estimate of drug-likeness (QED) is 0.0318. The molecule has 82 heavy (non-hydrogen) atoms. The second-order valence-corrected chi connectivity index (χ2v) is 22.5. The predicted molar refractivity (Wildman–Crippen MR) is 274 cm³/mol. The molecule has 0 aromatic carbocycles. The zero-order chi connectivity index (χ0) is 60.6. The Hall–Kier alpha value is -2.13. The monoisotopic (exact) mass is 1190 g/mol. The van der Waals surface area contributed by atoms with E-state index in [1.165, 1.54) is 27.7 Å². The molecule has 476 valence electrons. The smallest absolute Gasteiger partial charge is 0.302 e. The van der Waals surface area contributed by atoms with Crippen molar-refractivity contribution in [3.8, 4) is 0 Å². The lowest BCUT2D eigenvalue weighted by Gasteiger charge is -2.49. The zero-order valence-corrected chi connectivity index (χ0v) is 47.3. The lowest BCUT2D eigenvalue weighted by atomic mass is 9.96. The number of hydrogen-bond acceptors (Lipinski definition) is 29. The van der Waals surface area contributed by atoms with Crippen LogP contribution in [0.15, 0.2) is 23.3 Å². The Bertz CT molecular complexity index is 2010. The van der Waals surface area contributed by atoms with Crippen molar-refractivity contribution in [2.45, 2.75) is 272 Å². The molecule has 6 heterocycles. The zero-order valence-electron chi connectivity index (χ0n) is 47.3. The molecule has 0 saturated carbocycles. The van der Waals surface area contributed by atoms with Crippen molar-refractivity contribution in [2.75, 3.05) is 26.4 Å². The molecular weight excluding hydrogens is 1100 g/mol. The fraction of sp³-hybridized carbons (Fsp3) is 0.906. The van der Waals surface area contributed by atoms with E-state index < -0.39 is 203 Å². The van der Waals surface area contributed by atoms with Crippen LogP contribution in [0, 0.1) is 5.92 Å². The Kier molecular flexibility index (Phi) is 26.2. The van der Waals surface area contributed by atoms with Crippen molar-refractivity contribution in [2.24, 2.45) is 5.92 Å². The molecule has 29 heteroatoms. The highest BCUT2D eigenvalue weighted by atomic mass is 16.8. The van der Waals surface area contributed by atoms with Gasteiger partial charge in [0.15, 0.2) is 37.7 Å². The summed E-state index contributed by atoms with van der Waals surface area (Å²) in [4.78, 5) is 11.9. The summed E-state index contributed by atoms with van der Waals surface area (Å²) < 4.78 is 76.6. The Balaban J connectivity index is 1.06. The number of carbonyl (C=O) groups is 1. The molecule has 0 aromatic heterocycles. The van der Waals surface area contributed by atoms with Gasteiger partial charge in [-0.3, -0.25) is 4.79 Å². The second-order valence-electron chi connectivity index (χ2n) is 22.5. The first-order valence-corrected chi connectivity index (χ1v) is 28.0. The Labute approximate surface area is 475 Å². The van der Waals surface area contributed by atoms with Gasteiger partial charge in [-0.05, 0) is 79.6 Å². The van der Waals surface area contributed by atoms with E-state index in [9.17, 15) is 81.4 Å². The fourth-order valence-electron chi connectivity index (χ4n) is 10.4. The number of hydrogen-bond donors (Lipinski definition) is 15. The summed E-state index contributed by atoms with van der Waals surface area (Å²) in [5, 5.41) is 160. The summed E-state index contributed by atoms with van der Waals surface area (Å²) >= 11 is 0. The molecule has 6 saturated heterocycles. The molecule has 0 aromatic rings. The number of aliphatic hydroxyl groups excluding tert-OH is 15. The first kappa shape index (κ1) is 69.0. The Morgan fingerprint density at radius 1 is 0.451 bits per heavy atom. The highest BCUT2D eigenvalue weighted by Gasteiger charge is 2.56. The third-order valence-electron chi connectivity index (χ3n) is 15.8. The van der Waals surface area contributed by atoms with Crippen LogP contribution in [0.25, 0.3) is 0 Å². The lowest BCUT2D eigenvalue weighted by molar-refractivity contribution is -0.390. The number of rotatable bonds is 24. The summed E-state index contributed by atoms with van der Waals surface area (Å²) in [5.74, 6) is -0.830. The van der Waals surface area contributed by atoms with Crippen molar-refractivity contribution in [1.82, 2.24) is 0 Å². The lowest BCUT2D eigenvalue weighted by Crippen LogP contribution is -2.66. The molecular formula is C53H90O29. The van der Waals surface area contributed by atoms with Gasteiger partial charge in [-0.25, -0.2) is 0 Å². The molecule has 29 nitrogen and oxygen atoms in total. The molecule has 0 radical (unpaired) electrons. The normalized spacial score (nSPS) is 46.6. The van der Waals surface area contributed by atoms with Crippen LogP contribution >= 0.6 is 0 Å². The Morgan fingerprint density at radius 2 is 0.829 bits per heavy atom. The van der Waals surface area contributed by atoms with Gasteiger partial charge in [-0.1, -0.05) is 30.2 Å². The highest BCUT2D eigenvalue weighted by molar-refractivity contribution is 5.65. The van der Waals surface area contributed by atoms with E-state index in [0.29, 0.717) is 25.7 Å².